The van der Waals surface area contributed by atoms with Gasteiger partial charge in [-0.1, -0.05) is 68.4 Å². The van der Waals surface area contributed by atoms with Gasteiger partial charge in [0.05, 0.1) is 25.8 Å². The monoisotopic (exact) mass is 419 g/mol. The molecule has 0 unspecified atom stereocenters. The molecule has 2 aromatic carbocycles. The molecule has 2 amide bonds. The lowest BCUT2D eigenvalue weighted by molar-refractivity contribution is -0.127. The summed E-state index contributed by atoms with van der Waals surface area (Å²) in [6.45, 7) is 5.08. The molecule has 0 radical (unpaired) electrons. The highest BCUT2D eigenvalue weighted by atomic mass is 35.5. The Balaban J connectivity index is 0.00000420. The fourth-order valence-electron chi connectivity index (χ4n) is 2.54. The minimum absolute atomic E-state index is 0. The van der Waals surface area contributed by atoms with Gasteiger partial charge < -0.3 is 21.1 Å². The Morgan fingerprint density at radius 3 is 2.24 bits per heavy atom. The number of halogens is 1. The van der Waals surface area contributed by atoms with Crippen molar-refractivity contribution < 1.29 is 14.3 Å². The minimum atomic E-state index is -0.611. The van der Waals surface area contributed by atoms with Gasteiger partial charge in [0.2, 0.25) is 11.8 Å². The molecular formula is C22H30ClN3O3. The third-order valence-corrected chi connectivity index (χ3v) is 4.31. The number of hydrogen-bond donors (Lipinski definition) is 3. The summed E-state index contributed by atoms with van der Waals surface area (Å²) in [5, 5.41) is 5.36. The lowest BCUT2D eigenvalue weighted by Gasteiger charge is -2.15. The number of hydrogen-bond acceptors (Lipinski definition) is 4. The summed E-state index contributed by atoms with van der Waals surface area (Å²) in [7, 11) is 0. The number of nitrogens with one attached hydrogen (secondary N) is 2. The first-order valence-corrected chi connectivity index (χ1v) is 9.45. The quantitative estimate of drug-likeness (QED) is 0.551. The molecule has 6 nitrogen and oxygen atoms in total. The largest absolute Gasteiger partial charge is 0.372 e. The normalized spacial score (nSPS) is 11.4. The first kappa shape index (κ1) is 24.6. The Labute approximate surface area is 178 Å². The highest BCUT2D eigenvalue weighted by Gasteiger charge is 2.17. The van der Waals surface area contributed by atoms with Crippen molar-refractivity contribution >= 4 is 24.2 Å². The van der Waals surface area contributed by atoms with Crippen molar-refractivity contribution in [3.8, 4) is 0 Å². The van der Waals surface area contributed by atoms with Gasteiger partial charge in [-0.05, 0) is 22.6 Å². The molecule has 29 heavy (non-hydrogen) atoms. The number of carbonyl (C=O) groups excluding carboxylic acids is 2. The van der Waals surface area contributed by atoms with Crippen molar-refractivity contribution in [2.45, 2.75) is 39.6 Å². The number of amides is 2. The van der Waals surface area contributed by atoms with E-state index in [0.717, 1.165) is 16.7 Å². The molecule has 0 fully saturated rings. The number of benzene rings is 2. The third kappa shape index (κ3) is 9.09. The summed E-state index contributed by atoms with van der Waals surface area (Å²) < 4.78 is 5.75. The molecule has 0 aliphatic heterocycles. The van der Waals surface area contributed by atoms with Gasteiger partial charge in [-0.15, -0.1) is 12.4 Å². The molecule has 0 aliphatic carbocycles. The van der Waals surface area contributed by atoms with Crippen LogP contribution in [0.1, 0.15) is 30.5 Å². The Hall–Kier alpha value is -2.41. The van der Waals surface area contributed by atoms with Crippen LogP contribution in [0.25, 0.3) is 0 Å². The van der Waals surface area contributed by atoms with Gasteiger partial charge in [0.15, 0.2) is 0 Å². The topological polar surface area (TPSA) is 93.5 Å². The highest BCUT2D eigenvalue weighted by molar-refractivity contribution is 5.87. The lowest BCUT2D eigenvalue weighted by Crippen LogP contribution is -2.47. The molecule has 1 atom stereocenters. The molecule has 2 aromatic rings. The molecule has 7 heteroatoms. The van der Waals surface area contributed by atoms with Gasteiger partial charge in [-0.25, -0.2) is 0 Å². The Morgan fingerprint density at radius 2 is 1.55 bits per heavy atom. The zero-order valence-electron chi connectivity index (χ0n) is 16.9. The smallest absolute Gasteiger partial charge is 0.239 e. The Kier molecular flexibility index (Phi) is 11.0. The van der Waals surface area contributed by atoms with Gasteiger partial charge in [-0.2, -0.15) is 0 Å². The van der Waals surface area contributed by atoms with Gasteiger partial charge in [-0.3, -0.25) is 9.59 Å². The van der Waals surface area contributed by atoms with E-state index in [-0.39, 0.29) is 36.7 Å². The maximum Gasteiger partial charge on any atom is 0.239 e. The van der Waals surface area contributed by atoms with E-state index in [9.17, 15) is 9.59 Å². The Bertz CT molecular complexity index is 769. The van der Waals surface area contributed by atoms with Crippen molar-refractivity contribution in [3.05, 3.63) is 71.3 Å². The molecule has 2 rings (SSSR count). The van der Waals surface area contributed by atoms with Crippen LogP contribution >= 0.6 is 12.4 Å². The summed E-state index contributed by atoms with van der Waals surface area (Å²) in [6.07, 6.45) is 0. The summed E-state index contributed by atoms with van der Waals surface area (Å²) in [6, 6.07) is 17.3. The molecule has 4 N–H and O–H groups in total. The fourth-order valence-corrected chi connectivity index (χ4v) is 2.54. The van der Waals surface area contributed by atoms with Crippen LogP contribution in [-0.4, -0.2) is 24.4 Å². The first-order valence-electron chi connectivity index (χ1n) is 9.45. The predicted molar refractivity (Wildman–Crippen MR) is 116 cm³/mol. The van der Waals surface area contributed by atoms with Gasteiger partial charge in [0, 0.05) is 6.54 Å². The van der Waals surface area contributed by atoms with Crippen LogP contribution in [-0.2, 0) is 34.1 Å². The van der Waals surface area contributed by atoms with E-state index in [1.165, 1.54) is 0 Å². The third-order valence-electron chi connectivity index (χ3n) is 4.31. The number of rotatable bonds is 10. The zero-order valence-corrected chi connectivity index (χ0v) is 17.7. The van der Waals surface area contributed by atoms with Crippen LogP contribution in [0.2, 0.25) is 0 Å². The molecule has 0 saturated carbocycles. The molecule has 0 heterocycles. The van der Waals surface area contributed by atoms with Crippen molar-refractivity contribution in [1.29, 1.82) is 0 Å². The van der Waals surface area contributed by atoms with Crippen LogP contribution in [0.15, 0.2) is 54.6 Å². The summed E-state index contributed by atoms with van der Waals surface area (Å²) >= 11 is 0. The minimum Gasteiger partial charge on any atom is -0.372 e. The number of carbonyl (C=O) groups is 2. The van der Waals surface area contributed by atoms with Gasteiger partial charge >= 0.3 is 0 Å². The van der Waals surface area contributed by atoms with E-state index in [1.54, 1.807) is 0 Å². The van der Waals surface area contributed by atoms with E-state index < -0.39 is 6.04 Å². The summed E-state index contributed by atoms with van der Waals surface area (Å²) in [5.74, 6) is -0.548. The zero-order chi connectivity index (χ0) is 20.4. The van der Waals surface area contributed by atoms with Crippen molar-refractivity contribution in [2.75, 3.05) is 6.54 Å². The maximum atomic E-state index is 11.9. The highest BCUT2D eigenvalue weighted by Crippen LogP contribution is 2.09. The van der Waals surface area contributed by atoms with Crippen LogP contribution in [0, 0.1) is 5.92 Å². The van der Waals surface area contributed by atoms with Crippen LogP contribution < -0.4 is 16.4 Å². The molecule has 0 spiro atoms. The maximum absolute atomic E-state index is 11.9. The van der Waals surface area contributed by atoms with Crippen LogP contribution in [0.3, 0.4) is 0 Å². The second kappa shape index (κ2) is 12.9. The SMILES string of the molecule is CC(C)[C@H](N)C(=O)NCC(=O)NCc1cccc(COCc2ccccc2)c1.Cl. The first-order chi connectivity index (χ1) is 13.5. The fraction of sp³-hybridized carbons (Fsp3) is 0.364. The number of ether oxygens (including phenoxy) is 1. The predicted octanol–water partition coefficient (Wildman–Crippen LogP) is 2.54. The van der Waals surface area contributed by atoms with Crippen LogP contribution in [0.5, 0.6) is 0 Å². The molecular weight excluding hydrogens is 390 g/mol. The van der Waals surface area contributed by atoms with Crippen molar-refractivity contribution in [3.63, 3.8) is 0 Å². The second-order valence-corrected chi connectivity index (χ2v) is 7.06. The molecule has 0 saturated heterocycles. The lowest BCUT2D eigenvalue weighted by atomic mass is 10.1. The van der Waals surface area contributed by atoms with Crippen molar-refractivity contribution in [2.24, 2.45) is 11.7 Å². The van der Waals surface area contributed by atoms with E-state index in [4.69, 9.17) is 10.5 Å². The van der Waals surface area contributed by atoms with Gasteiger partial charge in [0.25, 0.3) is 0 Å². The van der Waals surface area contributed by atoms with Crippen molar-refractivity contribution in [1.82, 2.24) is 10.6 Å². The molecule has 0 aliphatic rings. The second-order valence-electron chi connectivity index (χ2n) is 7.06. The summed E-state index contributed by atoms with van der Waals surface area (Å²) in [4.78, 5) is 23.7. The molecule has 158 valence electrons. The Morgan fingerprint density at radius 1 is 0.931 bits per heavy atom. The molecule has 0 aromatic heterocycles. The number of nitrogens with two attached hydrogens (primary N) is 1. The summed E-state index contributed by atoms with van der Waals surface area (Å²) in [5.41, 5.74) is 8.89. The van der Waals surface area contributed by atoms with Gasteiger partial charge in [0.1, 0.15) is 0 Å². The van der Waals surface area contributed by atoms with E-state index in [2.05, 4.69) is 10.6 Å². The average molecular weight is 420 g/mol. The standard InChI is InChI=1S/C22H29N3O3.ClH/c1-16(2)21(23)22(27)25-13-20(26)24-12-18-9-6-10-19(11-18)15-28-14-17-7-4-3-5-8-17;/h3-11,16,21H,12-15,23H2,1-2H3,(H,24,26)(H,25,27);1H/t21-;/m0./s1. The molecule has 0 bridgehead atoms. The van der Waals surface area contributed by atoms with E-state index in [0.29, 0.717) is 19.8 Å². The van der Waals surface area contributed by atoms with E-state index >= 15 is 0 Å². The van der Waals surface area contributed by atoms with Crippen LogP contribution in [0.4, 0.5) is 0 Å². The van der Waals surface area contributed by atoms with E-state index in [1.807, 2.05) is 68.4 Å². The average Bonchev–Trinajstić information content (AvgIpc) is 2.71.